The number of thiazole rings is 1. The van der Waals surface area contributed by atoms with E-state index in [9.17, 15) is 9.59 Å². The summed E-state index contributed by atoms with van der Waals surface area (Å²) in [4.78, 5) is 29.6. The summed E-state index contributed by atoms with van der Waals surface area (Å²) in [6, 6.07) is -0.650. The van der Waals surface area contributed by atoms with Crippen LogP contribution in [-0.2, 0) is 4.79 Å². The SMILES string of the molecule is CN(C(=O)Nc1nc(C2CCC2)cs1)C1CCNC1=O. The summed E-state index contributed by atoms with van der Waals surface area (Å²) >= 11 is 1.45. The minimum absolute atomic E-state index is 0.0862. The van der Waals surface area contributed by atoms with E-state index in [4.69, 9.17) is 0 Å². The van der Waals surface area contributed by atoms with E-state index in [-0.39, 0.29) is 18.0 Å². The highest BCUT2D eigenvalue weighted by molar-refractivity contribution is 7.13. The van der Waals surface area contributed by atoms with Gasteiger partial charge in [0.05, 0.1) is 5.69 Å². The summed E-state index contributed by atoms with van der Waals surface area (Å²) in [6.07, 6.45) is 4.32. The molecule has 7 heteroatoms. The van der Waals surface area contributed by atoms with Gasteiger partial charge in [0.2, 0.25) is 5.91 Å². The molecule has 2 fully saturated rings. The third kappa shape index (κ3) is 2.49. The minimum atomic E-state index is -0.374. The van der Waals surface area contributed by atoms with Crippen LogP contribution in [0.5, 0.6) is 0 Å². The first-order valence-corrected chi connectivity index (χ1v) is 7.80. The predicted octanol–water partition coefficient (Wildman–Crippen LogP) is 1.76. The van der Waals surface area contributed by atoms with Crippen molar-refractivity contribution in [2.75, 3.05) is 18.9 Å². The van der Waals surface area contributed by atoms with Crippen LogP contribution in [0.1, 0.15) is 37.3 Å². The van der Waals surface area contributed by atoms with Crippen molar-refractivity contribution in [3.8, 4) is 0 Å². The van der Waals surface area contributed by atoms with Gasteiger partial charge >= 0.3 is 6.03 Å². The molecule has 1 saturated heterocycles. The van der Waals surface area contributed by atoms with Gasteiger partial charge in [-0.05, 0) is 19.3 Å². The van der Waals surface area contributed by atoms with Crippen LogP contribution in [0.3, 0.4) is 0 Å². The molecular formula is C13H18N4O2S. The van der Waals surface area contributed by atoms with Gasteiger partial charge in [0, 0.05) is 24.9 Å². The fourth-order valence-corrected chi connectivity index (χ4v) is 3.29. The lowest BCUT2D eigenvalue weighted by Gasteiger charge is -2.23. The maximum absolute atomic E-state index is 12.1. The van der Waals surface area contributed by atoms with Crippen molar-refractivity contribution in [2.45, 2.75) is 37.6 Å². The zero-order valence-corrected chi connectivity index (χ0v) is 12.2. The van der Waals surface area contributed by atoms with Crippen LogP contribution in [0.15, 0.2) is 5.38 Å². The Morgan fingerprint density at radius 2 is 2.30 bits per heavy atom. The van der Waals surface area contributed by atoms with Crippen molar-refractivity contribution < 1.29 is 9.59 Å². The number of nitrogens with zero attached hydrogens (tertiary/aromatic N) is 2. The molecule has 0 bridgehead atoms. The summed E-state index contributed by atoms with van der Waals surface area (Å²) in [6.45, 7) is 0.629. The van der Waals surface area contributed by atoms with Gasteiger partial charge in [0.15, 0.2) is 5.13 Å². The van der Waals surface area contributed by atoms with E-state index in [2.05, 4.69) is 15.6 Å². The largest absolute Gasteiger partial charge is 0.354 e. The van der Waals surface area contributed by atoms with E-state index in [1.807, 2.05) is 5.38 Å². The summed E-state index contributed by atoms with van der Waals surface area (Å²) in [5, 5.41) is 8.14. The number of nitrogens with one attached hydrogen (secondary N) is 2. The van der Waals surface area contributed by atoms with Crippen LogP contribution in [0.2, 0.25) is 0 Å². The number of carbonyl (C=O) groups excluding carboxylic acids is 2. The molecule has 3 amide bonds. The van der Waals surface area contributed by atoms with Gasteiger partial charge in [-0.2, -0.15) is 0 Å². The fourth-order valence-electron chi connectivity index (χ4n) is 2.51. The number of amides is 3. The number of carbonyl (C=O) groups is 2. The molecule has 3 rings (SSSR count). The summed E-state index contributed by atoms with van der Waals surface area (Å²) in [5.41, 5.74) is 1.08. The summed E-state index contributed by atoms with van der Waals surface area (Å²) in [5.74, 6) is 0.479. The Morgan fingerprint density at radius 3 is 2.90 bits per heavy atom. The average molecular weight is 294 g/mol. The second-order valence-electron chi connectivity index (χ2n) is 5.34. The number of rotatable bonds is 3. The van der Waals surface area contributed by atoms with Gasteiger partial charge in [-0.1, -0.05) is 6.42 Å². The molecule has 108 valence electrons. The molecule has 0 radical (unpaired) electrons. The van der Waals surface area contributed by atoms with Crippen molar-refractivity contribution >= 4 is 28.4 Å². The predicted molar refractivity (Wildman–Crippen MR) is 76.9 cm³/mol. The molecule has 1 aromatic heterocycles. The summed E-state index contributed by atoms with van der Waals surface area (Å²) < 4.78 is 0. The van der Waals surface area contributed by atoms with Crippen molar-refractivity contribution in [3.63, 3.8) is 0 Å². The van der Waals surface area contributed by atoms with Gasteiger partial charge in [-0.15, -0.1) is 11.3 Å². The molecule has 1 atom stereocenters. The van der Waals surface area contributed by atoms with E-state index in [0.29, 0.717) is 24.0 Å². The normalized spacial score (nSPS) is 22.2. The van der Waals surface area contributed by atoms with Crippen molar-refractivity contribution in [1.29, 1.82) is 0 Å². The zero-order valence-electron chi connectivity index (χ0n) is 11.4. The van der Waals surface area contributed by atoms with Crippen LogP contribution < -0.4 is 10.6 Å². The number of hydrogen-bond donors (Lipinski definition) is 2. The van der Waals surface area contributed by atoms with E-state index >= 15 is 0 Å². The van der Waals surface area contributed by atoms with E-state index in [1.165, 1.54) is 35.5 Å². The quantitative estimate of drug-likeness (QED) is 0.892. The van der Waals surface area contributed by atoms with E-state index in [1.54, 1.807) is 7.05 Å². The molecule has 2 N–H and O–H groups in total. The van der Waals surface area contributed by atoms with Gasteiger partial charge in [0.1, 0.15) is 6.04 Å². The van der Waals surface area contributed by atoms with Crippen LogP contribution in [0.4, 0.5) is 9.93 Å². The molecule has 1 unspecified atom stereocenters. The third-order valence-corrected chi connectivity index (χ3v) is 4.84. The molecule has 1 aliphatic heterocycles. The number of urea groups is 1. The zero-order chi connectivity index (χ0) is 14.1. The Bertz CT molecular complexity index is 526. The Balaban J connectivity index is 1.60. The van der Waals surface area contributed by atoms with Gasteiger partial charge in [-0.3, -0.25) is 10.1 Å². The first kappa shape index (κ1) is 13.4. The summed E-state index contributed by atoms with van der Waals surface area (Å²) in [7, 11) is 1.64. The Labute approximate surface area is 121 Å². The molecular weight excluding hydrogens is 276 g/mol. The van der Waals surface area contributed by atoms with Crippen molar-refractivity contribution in [3.05, 3.63) is 11.1 Å². The van der Waals surface area contributed by atoms with Gasteiger partial charge in [-0.25, -0.2) is 9.78 Å². The van der Waals surface area contributed by atoms with Gasteiger partial charge in [0.25, 0.3) is 0 Å². The second-order valence-corrected chi connectivity index (χ2v) is 6.20. The first-order chi connectivity index (χ1) is 9.65. The van der Waals surface area contributed by atoms with Crippen molar-refractivity contribution in [2.24, 2.45) is 0 Å². The molecule has 0 aromatic carbocycles. The van der Waals surface area contributed by atoms with Crippen LogP contribution >= 0.6 is 11.3 Å². The second kappa shape index (κ2) is 5.40. The lowest BCUT2D eigenvalue weighted by atomic mass is 9.83. The fraction of sp³-hybridized carbons (Fsp3) is 0.615. The van der Waals surface area contributed by atoms with Crippen molar-refractivity contribution in [1.82, 2.24) is 15.2 Å². The number of hydrogen-bond acceptors (Lipinski definition) is 4. The minimum Gasteiger partial charge on any atom is -0.354 e. The van der Waals surface area contributed by atoms with Crippen LogP contribution in [0.25, 0.3) is 0 Å². The Morgan fingerprint density at radius 1 is 1.50 bits per heavy atom. The molecule has 2 heterocycles. The van der Waals surface area contributed by atoms with Crippen LogP contribution in [-0.4, -0.2) is 41.5 Å². The Kier molecular flexibility index (Phi) is 3.60. The molecule has 2 aliphatic rings. The molecule has 1 aromatic rings. The highest BCUT2D eigenvalue weighted by Crippen LogP contribution is 2.37. The Hall–Kier alpha value is -1.63. The molecule has 1 saturated carbocycles. The third-order valence-electron chi connectivity index (χ3n) is 4.07. The van der Waals surface area contributed by atoms with E-state index < -0.39 is 0 Å². The molecule has 0 spiro atoms. The highest BCUT2D eigenvalue weighted by Gasteiger charge is 2.31. The maximum atomic E-state index is 12.1. The first-order valence-electron chi connectivity index (χ1n) is 6.92. The molecule has 6 nitrogen and oxygen atoms in total. The van der Waals surface area contributed by atoms with Crippen LogP contribution in [0, 0.1) is 0 Å². The average Bonchev–Trinajstić information content (AvgIpc) is 2.96. The molecule has 1 aliphatic carbocycles. The number of aromatic nitrogens is 1. The number of likely N-dealkylation sites (N-methyl/N-ethyl adjacent to an activating group) is 1. The topological polar surface area (TPSA) is 74.3 Å². The monoisotopic (exact) mass is 294 g/mol. The lowest BCUT2D eigenvalue weighted by Crippen LogP contribution is -2.43. The highest BCUT2D eigenvalue weighted by atomic mass is 32.1. The number of anilines is 1. The molecule has 20 heavy (non-hydrogen) atoms. The maximum Gasteiger partial charge on any atom is 0.324 e. The van der Waals surface area contributed by atoms with E-state index in [0.717, 1.165) is 5.69 Å². The lowest BCUT2D eigenvalue weighted by molar-refractivity contribution is -0.122. The van der Waals surface area contributed by atoms with Gasteiger partial charge < -0.3 is 10.2 Å². The standard InChI is InChI=1S/C13H18N4O2S/c1-17(10-5-6-14-11(10)18)13(19)16-12-15-9(7-20-12)8-3-2-4-8/h7-8,10H,2-6H2,1H3,(H,14,18)(H,15,16,19). The smallest absolute Gasteiger partial charge is 0.324 e.